The summed E-state index contributed by atoms with van der Waals surface area (Å²) in [7, 11) is 0. The first-order valence-electron chi connectivity index (χ1n) is 8.20. The SMILES string of the molecule is O=C1Cc2cc3c(-c4ccccc4)c(-c4ccccc4)oc3cc2O1. The van der Waals surface area contributed by atoms with Crippen LogP contribution in [0.2, 0.25) is 0 Å². The van der Waals surface area contributed by atoms with E-state index in [4.69, 9.17) is 9.15 Å². The van der Waals surface area contributed by atoms with Crippen LogP contribution in [-0.2, 0) is 11.2 Å². The van der Waals surface area contributed by atoms with E-state index in [1.54, 1.807) is 0 Å². The molecule has 0 amide bonds. The first-order chi connectivity index (χ1) is 12.3. The minimum atomic E-state index is -0.216. The van der Waals surface area contributed by atoms with Crippen LogP contribution in [0.1, 0.15) is 5.56 Å². The Morgan fingerprint density at radius 2 is 1.48 bits per heavy atom. The van der Waals surface area contributed by atoms with E-state index in [1.807, 2.05) is 60.7 Å². The van der Waals surface area contributed by atoms with Crippen molar-refractivity contribution in [1.82, 2.24) is 0 Å². The average Bonchev–Trinajstić information content (AvgIpc) is 3.19. The third-order valence-electron chi connectivity index (χ3n) is 4.53. The Morgan fingerprint density at radius 1 is 0.800 bits per heavy atom. The molecule has 5 rings (SSSR count). The molecule has 0 spiro atoms. The number of hydrogen-bond acceptors (Lipinski definition) is 3. The number of rotatable bonds is 2. The number of benzene rings is 3. The Morgan fingerprint density at radius 3 is 2.20 bits per heavy atom. The van der Waals surface area contributed by atoms with Gasteiger partial charge >= 0.3 is 5.97 Å². The highest BCUT2D eigenvalue weighted by Crippen LogP contribution is 2.43. The molecular weight excluding hydrogens is 312 g/mol. The largest absolute Gasteiger partial charge is 0.455 e. The van der Waals surface area contributed by atoms with E-state index in [0.29, 0.717) is 12.2 Å². The van der Waals surface area contributed by atoms with Crippen LogP contribution < -0.4 is 4.74 Å². The van der Waals surface area contributed by atoms with Crippen LogP contribution in [0.25, 0.3) is 33.4 Å². The van der Waals surface area contributed by atoms with Gasteiger partial charge in [-0.15, -0.1) is 0 Å². The number of hydrogen-bond donors (Lipinski definition) is 0. The highest BCUT2D eigenvalue weighted by Gasteiger charge is 2.25. The Balaban J connectivity index is 1.84. The van der Waals surface area contributed by atoms with Crippen molar-refractivity contribution < 1.29 is 13.9 Å². The molecule has 0 saturated carbocycles. The van der Waals surface area contributed by atoms with Crippen molar-refractivity contribution in [1.29, 1.82) is 0 Å². The maximum absolute atomic E-state index is 11.6. The monoisotopic (exact) mass is 326 g/mol. The Hall–Kier alpha value is -3.33. The molecule has 3 nitrogen and oxygen atoms in total. The van der Waals surface area contributed by atoms with E-state index in [9.17, 15) is 4.79 Å². The molecule has 0 saturated heterocycles. The van der Waals surface area contributed by atoms with Crippen LogP contribution in [-0.4, -0.2) is 5.97 Å². The minimum Gasteiger partial charge on any atom is -0.455 e. The summed E-state index contributed by atoms with van der Waals surface area (Å²) < 4.78 is 11.5. The van der Waals surface area contributed by atoms with E-state index in [1.165, 1.54) is 0 Å². The molecule has 0 atom stereocenters. The van der Waals surface area contributed by atoms with E-state index in [2.05, 4.69) is 12.1 Å². The Labute approximate surface area is 144 Å². The normalized spacial score (nSPS) is 13.0. The van der Waals surface area contributed by atoms with E-state index in [-0.39, 0.29) is 5.97 Å². The molecule has 25 heavy (non-hydrogen) atoms. The lowest BCUT2D eigenvalue weighted by Crippen LogP contribution is -2.00. The van der Waals surface area contributed by atoms with Gasteiger partial charge in [0.15, 0.2) is 0 Å². The lowest BCUT2D eigenvalue weighted by Gasteiger charge is -2.04. The summed E-state index contributed by atoms with van der Waals surface area (Å²) in [5.41, 5.74) is 4.80. The second-order valence-corrected chi connectivity index (χ2v) is 6.15. The van der Waals surface area contributed by atoms with Crippen LogP contribution >= 0.6 is 0 Å². The summed E-state index contributed by atoms with van der Waals surface area (Å²) in [5.74, 6) is 1.22. The summed E-state index contributed by atoms with van der Waals surface area (Å²) in [4.78, 5) is 11.6. The van der Waals surface area contributed by atoms with Gasteiger partial charge in [-0.2, -0.15) is 0 Å². The minimum absolute atomic E-state index is 0.216. The van der Waals surface area contributed by atoms with Gasteiger partial charge < -0.3 is 9.15 Å². The number of fused-ring (bicyclic) bond motifs is 2. The second-order valence-electron chi connectivity index (χ2n) is 6.15. The zero-order valence-electron chi connectivity index (χ0n) is 13.4. The van der Waals surface area contributed by atoms with Gasteiger partial charge in [0.05, 0.1) is 6.42 Å². The first-order valence-corrected chi connectivity index (χ1v) is 8.20. The fourth-order valence-electron chi connectivity index (χ4n) is 3.40. The van der Waals surface area contributed by atoms with Gasteiger partial charge in [-0.1, -0.05) is 60.7 Å². The third-order valence-corrected chi connectivity index (χ3v) is 4.53. The van der Waals surface area contributed by atoms with Crippen LogP contribution in [0.3, 0.4) is 0 Å². The number of carbonyl (C=O) groups is 1. The van der Waals surface area contributed by atoms with Crippen LogP contribution in [0.4, 0.5) is 0 Å². The smallest absolute Gasteiger partial charge is 0.315 e. The molecule has 4 aromatic rings. The lowest BCUT2D eigenvalue weighted by molar-refractivity contribution is -0.131. The molecule has 0 aliphatic carbocycles. The average molecular weight is 326 g/mol. The van der Waals surface area contributed by atoms with Crippen molar-refractivity contribution in [3.63, 3.8) is 0 Å². The van der Waals surface area contributed by atoms with Gasteiger partial charge in [-0.25, -0.2) is 0 Å². The van der Waals surface area contributed by atoms with E-state index >= 15 is 0 Å². The fourth-order valence-corrected chi connectivity index (χ4v) is 3.40. The predicted octanol–water partition coefficient (Wildman–Crippen LogP) is 5.23. The predicted molar refractivity (Wildman–Crippen MR) is 96.4 cm³/mol. The van der Waals surface area contributed by atoms with Crippen LogP contribution in [0.15, 0.2) is 77.2 Å². The molecule has 3 heteroatoms. The highest BCUT2D eigenvalue weighted by molar-refractivity contribution is 6.03. The number of furan rings is 1. The molecular formula is C22H14O3. The lowest BCUT2D eigenvalue weighted by atomic mass is 9.97. The summed E-state index contributed by atoms with van der Waals surface area (Å²) in [6.07, 6.45) is 0.311. The molecule has 0 radical (unpaired) electrons. The molecule has 0 fully saturated rings. The van der Waals surface area contributed by atoms with Gasteiger partial charge in [-0.3, -0.25) is 4.79 Å². The maximum atomic E-state index is 11.6. The molecule has 0 N–H and O–H groups in total. The number of carbonyl (C=O) groups excluding carboxylic acids is 1. The van der Waals surface area contributed by atoms with Crippen molar-refractivity contribution in [3.8, 4) is 28.2 Å². The summed E-state index contributed by atoms with van der Waals surface area (Å²) in [6.45, 7) is 0. The summed E-state index contributed by atoms with van der Waals surface area (Å²) >= 11 is 0. The maximum Gasteiger partial charge on any atom is 0.315 e. The van der Waals surface area contributed by atoms with Gasteiger partial charge in [0.25, 0.3) is 0 Å². The molecule has 120 valence electrons. The Bertz CT molecular complexity index is 1090. The van der Waals surface area contributed by atoms with Gasteiger partial charge in [-0.05, 0) is 11.6 Å². The van der Waals surface area contributed by atoms with Crippen molar-refractivity contribution >= 4 is 16.9 Å². The topological polar surface area (TPSA) is 39.4 Å². The highest BCUT2D eigenvalue weighted by atomic mass is 16.5. The third kappa shape index (κ3) is 2.24. The molecule has 1 aromatic heterocycles. The molecule has 2 heterocycles. The Kier molecular flexibility index (Phi) is 3.01. The zero-order valence-corrected chi connectivity index (χ0v) is 13.4. The van der Waals surface area contributed by atoms with Crippen molar-refractivity contribution in [2.75, 3.05) is 0 Å². The molecule has 1 aliphatic rings. The van der Waals surface area contributed by atoms with Crippen LogP contribution in [0, 0.1) is 0 Å². The summed E-state index contributed by atoms with van der Waals surface area (Å²) in [5, 5.41) is 1.00. The van der Waals surface area contributed by atoms with E-state index < -0.39 is 0 Å². The zero-order chi connectivity index (χ0) is 16.8. The van der Waals surface area contributed by atoms with Gasteiger partial charge in [0.1, 0.15) is 17.1 Å². The second kappa shape index (κ2) is 5.35. The quantitative estimate of drug-likeness (QED) is 0.374. The standard InChI is InChI=1S/C22H14O3/c23-20-12-16-11-17-19(13-18(16)24-20)25-22(15-9-5-2-6-10-15)21(17)14-7-3-1-4-8-14/h1-11,13H,12H2. The number of esters is 1. The van der Waals surface area contributed by atoms with Crippen LogP contribution in [0.5, 0.6) is 5.75 Å². The van der Waals surface area contributed by atoms with Crippen molar-refractivity contribution in [2.24, 2.45) is 0 Å². The molecule has 1 aliphatic heterocycles. The molecule has 0 bridgehead atoms. The van der Waals surface area contributed by atoms with Crippen molar-refractivity contribution in [2.45, 2.75) is 6.42 Å². The fraction of sp³-hybridized carbons (Fsp3) is 0.0455. The number of ether oxygens (including phenoxy) is 1. The molecule has 3 aromatic carbocycles. The van der Waals surface area contributed by atoms with Gasteiger partial charge in [0.2, 0.25) is 0 Å². The van der Waals surface area contributed by atoms with Gasteiger partial charge in [0, 0.05) is 28.1 Å². The first kappa shape index (κ1) is 14.1. The van der Waals surface area contributed by atoms with Crippen molar-refractivity contribution in [3.05, 3.63) is 78.4 Å². The van der Waals surface area contributed by atoms with E-state index in [0.717, 1.165) is 39.0 Å². The molecule has 0 unspecified atom stereocenters. The summed E-state index contributed by atoms with van der Waals surface area (Å²) in [6, 6.07) is 24.1.